The Kier molecular flexibility index (Phi) is 10.1. The molecule has 1 unspecified atom stereocenters. The highest BCUT2D eigenvalue weighted by atomic mass is 127. The summed E-state index contributed by atoms with van der Waals surface area (Å²) in [4.78, 5) is 13.8. The van der Waals surface area contributed by atoms with Crippen LogP contribution in [-0.2, 0) is 12.8 Å². The number of guanidine groups is 1. The van der Waals surface area contributed by atoms with Crippen LogP contribution in [0.3, 0.4) is 0 Å². The zero-order valence-corrected chi connectivity index (χ0v) is 20.3. The third kappa shape index (κ3) is 7.07. The lowest BCUT2D eigenvalue weighted by Crippen LogP contribution is -2.52. The van der Waals surface area contributed by atoms with E-state index >= 15 is 0 Å². The third-order valence-electron chi connectivity index (χ3n) is 4.72. The van der Waals surface area contributed by atoms with Crippen molar-refractivity contribution in [3.63, 3.8) is 0 Å². The minimum Gasteiger partial charge on any atom is -0.391 e. The van der Waals surface area contributed by atoms with Crippen LogP contribution >= 0.6 is 35.5 Å². The number of hydrogen-bond acceptors (Lipinski definition) is 6. The fourth-order valence-corrected chi connectivity index (χ4v) is 4.00. The number of rotatable bonds is 7. The Labute approximate surface area is 194 Å². The number of aliphatic hydroxyl groups excluding tert-OH is 1. The molecule has 3 rings (SSSR count). The van der Waals surface area contributed by atoms with E-state index in [1.165, 1.54) is 11.5 Å². The van der Waals surface area contributed by atoms with Crippen molar-refractivity contribution in [2.45, 2.75) is 32.8 Å². The van der Waals surface area contributed by atoms with Crippen molar-refractivity contribution < 1.29 is 5.11 Å². The number of halogens is 1. The number of nitrogens with zero attached hydrogens (tertiary/aromatic N) is 5. The van der Waals surface area contributed by atoms with E-state index in [1.807, 2.05) is 30.3 Å². The van der Waals surface area contributed by atoms with Gasteiger partial charge in [-0.1, -0.05) is 37.3 Å². The molecule has 0 bridgehead atoms. The van der Waals surface area contributed by atoms with E-state index in [2.05, 4.69) is 43.3 Å². The van der Waals surface area contributed by atoms with Crippen molar-refractivity contribution in [2.75, 3.05) is 44.2 Å². The maximum atomic E-state index is 10.4. The number of aryl methyl sites for hydroxylation is 1. The lowest BCUT2D eigenvalue weighted by molar-refractivity contribution is 0.183. The molecule has 1 atom stereocenters. The minimum atomic E-state index is -0.480. The van der Waals surface area contributed by atoms with Crippen molar-refractivity contribution >= 4 is 46.6 Å². The van der Waals surface area contributed by atoms with Gasteiger partial charge < -0.3 is 20.2 Å². The van der Waals surface area contributed by atoms with Crippen LogP contribution in [0.1, 0.15) is 25.2 Å². The second-order valence-electron chi connectivity index (χ2n) is 6.86. The molecule has 29 heavy (non-hydrogen) atoms. The molecule has 0 aliphatic carbocycles. The van der Waals surface area contributed by atoms with Gasteiger partial charge in [0.2, 0.25) is 5.13 Å². The quantitative estimate of drug-likeness (QED) is 0.326. The topological polar surface area (TPSA) is 76.9 Å². The van der Waals surface area contributed by atoms with Gasteiger partial charge in [0, 0.05) is 57.1 Å². The first-order chi connectivity index (χ1) is 13.7. The van der Waals surface area contributed by atoms with Gasteiger partial charge in [0.05, 0.1) is 12.6 Å². The molecule has 2 heterocycles. The van der Waals surface area contributed by atoms with E-state index in [0.29, 0.717) is 13.0 Å². The lowest BCUT2D eigenvalue weighted by Gasteiger charge is -2.36. The first-order valence-corrected chi connectivity index (χ1v) is 10.8. The summed E-state index contributed by atoms with van der Waals surface area (Å²) >= 11 is 1.48. The number of hydrogen-bond donors (Lipinski definition) is 2. The summed E-state index contributed by atoms with van der Waals surface area (Å²) in [5, 5.41) is 14.7. The minimum absolute atomic E-state index is 0. The molecule has 0 spiro atoms. The van der Waals surface area contributed by atoms with Crippen LogP contribution in [0.25, 0.3) is 0 Å². The van der Waals surface area contributed by atoms with Crippen LogP contribution in [0, 0.1) is 0 Å². The molecule has 1 aromatic carbocycles. The number of anilines is 1. The summed E-state index contributed by atoms with van der Waals surface area (Å²) in [6.07, 6.45) is 1.01. The Balaban J connectivity index is 0.00000300. The summed E-state index contributed by atoms with van der Waals surface area (Å²) < 4.78 is 4.39. The summed E-state index contributed by atoms with van der Waals surface area (Å²) in [6.45, 7) is 8.90. The Hall–Kier alpha value is -1.46. The second-order valence-corrected chi connectivity index (χ2v) is 7.59. The molecule has 0 radical (unpaired) electrons. The van der Waals surface area contributed by atoms with Gasteiger partial charge in [0.15, 0.2) is 5.96 Å². The Bertz CT molecular complexity index is 748. The van der Waals surface area contributed by atoms with E-state index in [-0.39, 0.29) is 24.0 Å². The average Bonchev–Trinajstić information content (AvgIpc) is 3.21. The molecule has 1 fully saturated rings. The molecule has 0 saturated carbocycles. The first-order valence-electron chi connectivity index (χ1n) is 10.0. The predicted octanol–water partition coefficient (Wildman–Crippen LogP) is 2.41. The fourth-order valence-electron chi connectivity index (χ4n) is 3.19. The Morgan fingerprint density at radius 3 is 2.55 bits per heavy atom. The van der Waals surface area contributed by atoms with Crippen molar-refractivity contribution in [1.82, 2.24) is 19.6 Å². The number of nitrogens with one attached hydrogen (secondary N) is 1. The third-order valence-corrected chi connectivity index (χ3v) is 5.54. The van der Waals surface area contributed by atoms with Gasteiger partial charge in [-0.15, -0.1) is 24.0 Å². The molecule has 1 aliphatic heterocycles. The van der Waals surface area contributed by atoms with E-state index in [1.54, 1.807) is 0 Å². The smallest absolute Gasteiger partial charge is 0.205 e. The number of benzene rings is 1. The highest BCUT2D eigenvalue weighted by molar-refractivity contribution is 14.0. The van der Waals surface area contributed by atoms with Crippen molar-refractivity contribution in [3.05, 3.63) is 41.7 Å². The maximum absolute atomic E-state index is 10.4. The first kappa shape index (κ1) is 23.8. The summed E-state index contributed by atoms with van der Waals surface area (Å²) in [5.74, 6) is 1.80. The van der Waals surface area contributed by atoms with Gasteiger partial charge in [0.25, 0.3) is 0 Å². The summed E-state index contributed by atoms with van der Waals surface area (Å²) in [7, 11) is 0. The lowest BCUT2D eigenvalue weighted by atomic mass is 10.1. The highest BCUT2D eigenvalue weighted by Gasteiger charge is 2.22. The molecule has 7 nitrogen and oxygen atoms in total. The van der Waals surface area contributed by atoms with Crippen LogP contribution < -0.4 is 10.2 Å². The zero-order valence-electron chi connectivity index (χ0n) is 17.1. The van der Waals surface area contributed by atoms with E-state index in [4.69, 9.17) is 0 Å². The predicted molar refractivity (Wildman–Crippen MR) is 131 cm³/mol. The zero-order chi connectivity index (χ0) is 19.8. The van der Waals surface area contributed by atoms with E-state index in [9.17, 15) is 5.11 Å². The molecular formula is C20H31IN6OS. The maximum Gasteiger partial charge on any atom is 0.205 e. The Morgan fingerprint density at radius 1 is 1.21 bits per heavy atom. The molecule has 1 saturated heterocycles. The van der Waals surface area contributed by atoms with Gasteiger partial charge in [0.1, 0.15) is 5.82 Å². The second kappa shape index (κ2) is 12.3. The molecule has 0 amide bonds. The monoisotopic (exact) mass is 530 g/mol. The normalized spacial score (nSPS) is 15.8. The molecule has 1 aliphatic rings. The molecule has 1 aromatic heterocycles. The number of aliphatic imine (C=N–C) groups is 1. The van der Waals surface area contributed by atoms with Crippen molar-refractivity contribution in [1.29, 1.82) is 0 Å². The largest absolute Gasteiger partial charge is 0.391 e. The van der Waals surface area contributed by atoms with E-state index in [0.717, 1.165) is 61.6 Å². The highest BCUT2D eigenvalue weighted by Crippen LogP contribution is 2.19. The van der Waals surface area contributed by atoms with Gasteiger partial charge in [-0.25, -0.2) is 4.98 Å². The van der Waals surface area contributed by atoms with Gasteiger partial charge in [-0.05, 0) is 12.5 Å². The summed E-state index contributed by atoms with van der Waals surface area (Å²) in [5.41, 5.74) is 1.13. The standard InChI is InChI=1S/C20H30N6OS.HI/c1-3-18-23-20(28-24-18)26-12-10-25(11-13-26)19(21-4-2)22-15-17(27)14-16-8-6-5-7-9-16;/h5-9,17,27H,3-4,10-15H2,1-2H3,(H,21,22);1H. The number of aromatic nitrogens is 2. The van der Waals surface area contributed by atoms with Gasteiger partial charge in [-0.2, -0.15) is 4.37 Å². The molecular weight excluding hydrogens is 499 g/mol. The SMILES string of the molecule is CCNC(=NCC(O)Cc1ccccc1)N1CCN(c2nc(CC)ns2)CC1.I. The molecule has 9 heteroatoms. The molecule has 2 N–H and O–H groups in total. The van der Waals surface area contributed by atoms with Crippen LogP contribution in [0.4, 0.5) is 5.13 Å². The fraction of sp³-hybridized carbons (Fsp3) is 0.550. The van der Waals surface area contributed by atoms with Crippen molar-refractivity contribution in [3.8, 4) is 0 Å². The average molecular weight is 530 g/mol. The summed E-state index contributed by atoms with van der Waals surface area (Å²) in [6, 6.07) is 10.1. The number of piperazine rings is 1. The van der Waals surface area contributed by atoms with Crippen molar-refractivity contribution in [2.24, 2.45) is 4.99 Å². The van der Waals surface area contributed by atoms with Crippen LogP contribution in [-0.4, -0.2) is 70.7 Å². The van der Waals surface area contributed by atoms with Gasteiger partial charge in [-0.3, -0.25) is 4.99 Å². The Morgan fingerprint density at radius 2 is 1.93 bits per heavy atom. The molecule has 160 valence electrons. The van der Waals surface area contributed by atoms with Crippen LogP contribution in [0.5, 0.6) is 0 Å². The molecule has 2 aromatic rings. The number of aliphatic hydroxyl groups is 1. The van der Waals surface area contributed by atoms with E-state index < -0.39 is 6.10 Å². The van der Waals surface area contributed by atoms with Gasteiger partial charge >= 0.3 is 0 Å². The van der Waals surface area contributed by atoms with Crippen LogP contribution in [0.15, 0.2) is 35.3 Å². The van der Waals surface area contributed by atoms with Crippen LogP contribution in [0.2, 0.25) is 0 Å².